The lowest BCUT2D eigenvalue weighted by atomic mass is 10.2. The lowest BCUT2D eigenvalue weighted by Crippen LogP contribution is -2.23. The summed E-state index contributed by atoms with van der Waals surface area (Å²) in [7, 11) is 1.82. The molecule has 1 amide bonds. The van der Waals surface area contributed by atoms with Crippen LogP contribution in [0.4, 0.5) is 0 Å². The summed E-state index contributed by atoms with van der Waals surface area (Å²) < 4.78 is 1.70. The molecule has 0 saturated carbocycles. The molecule has 0 bridgehead atoms. The number of carbonyl (C=O) groups is 1. The van der Waals surface area contributed by atoms with Crippen molar-refractivity contribution in [1.29, 1.82) is 0 Å². The molecule has 106 valence electrons. The molecule has 3 rings (SSSR count). The number of carbonyl (C=O) groups excluding carboxylic acids is 1. The smallest absolute Gasteiger partial charge is 0.272 e. The van der Waals surface area contributed by atoms with Crippen molar-refractivity contribution in [3.05, 3.63) is 59.8 Å². The summed E-state index contributed by atoms with van der Waals surface area (Å²) in [6.45, 7) is 0.393. The van der Waals surface area contributed by atoms with E-state index in [-0.39, 0.29) is 11.7 Å². The van der Waals surface area contributed by atoms with Gasteiger partial charge in [-0.1, -0.05) is 30.3 Å². The standard InChI is InChI=1S/C16H15N3O2/c1-19-14-5-3-2-4-13(14)15(18-19)16(21)17-10-11-6-8-12(20)9-7-11/h2-9,20H,10H2,1H3,(H,17,21). The Morgan fingerprint density at radius 3 is 2.67 bits per heavy atom. The van der Waals surface area contributed by atoms with Crippen LogP contribution >= 0.6 is 0 Å². The summed E-state index contributed by atoms with van der Waals surface area (Å²) in [6, 6.07) is 14.4. The molecule has 3 aromatic rings. The normalized spacial score (nSPS) is 10.7. The SMILES string of the molecule is Cn1nc(C(=O)NCc2ccc(O)cc2)c2ccccc21. The van der Waals surface area contributed by atoms with Crippen molar-refractivity contribution in [2.45, 2.75) is 6.54 Å². The van der Waals surface area contributed by atoms with E-state index in [9.17, 15) is 9.90 Å². The van der Waals surface area contributed by atoms with Crippen LogP contribution in [0.5, 0.6) is 5.75 Å². The van der Waals surface area contributed by atoms with Crippen molar-refractivity contribution in [3.63, 3.8) is 0 Å². The van der Waals surface area contributed by atoms with Crippen LogP contribution in [0.2, 0.25) is 0 Å². The Hall–Kier alpha value is -2.82. The minimum atomic E-state index is -0.208. The van der Waals surface area contributed by atoms with E-state index in [0.717, 1.165) is 16.5 Å². The van der Waals surface area contributed by atoms with Crippen molar-refractivity contribution in [3.8, 4) is 5.75 Å². The summed E-state index contributed by atoms with van der Waals surface area (Å²) in [5.41, 5.74) is 2.26. The number of para-hydroxylation sites is 1. The summed E-state index contributed by atoms with van der Waals surface area (Å²) in [4.78, 5) is 12.3. The first-order valence-electron chi connectivity index (χ1n) is 6.63. The average Bonchev–Trinajstić information content (AvgIpc) is 2.84. The van der Waals surface area contributed by atoms with Crippen molar-refractivity contribution < 1.29 is 9.90 Å². The highest BCUT2D eigenvalue weighted by Crippen LogP contribution is 2.17. The number of nitrogens with zero attached hydrogens (tertiary/aromatic N) is 2. The fraction of sp³-hybridized carbons (Fsp3) is 0.125. The first-order chi connectivity index (χ1) is 10.1. The minimum absolute atomic E-state index is 0.208. The van der Waals surface area contributed by atoms with Gasteiger partial charge in [0, 0.05) is 19.0 Å². The third kappa shape index (κ3) is 2.58. The number of aromatic nitrogens is 2. The van der Waals surface area contributed by atoms with Crippen molar-refractivity contribution in [2.24, 2.45) is 7.05 Å². The lowest BCUT2D eigenvalue weighted by molar-refractivity contribution is 0.0947. The number of phenols is 1. The van der Waals surface area contributed by atoms with Crippen LogP contribution in [0.15, 0.2) is 48.5 Å². The van der Waals surface area contributed by atoms with E-state index < -0.39 is 0 Å². The molecular weight excluding hydrogens is 266 g/mol. The summed E-state index contributed by atoms with van der Waals surface area (Å²) >= 11 is 0. The maximum atomic E-state index is 12.3. The predicted octanol–water partition coefficient (Wildman–Crippen LogP) is 2.21. The van der Waals surface area contributed by atoms with Crippen molar-refractivity contribution >= 4 is 16.8 Å². The topological polar surface area (TPSA) is 67.2 Å². The highest BCUT2D eigenvalue weighted by Gasteiger charge is 2.15. The molecule has 2 N–H and O–H groups in total. The van der Waals surface area contributed by atoms with Crippen LogP contribution < -0.4 is 5.32 Å². The fourth-order valence-corrected chi connectivity index (χ4v) is 2.26. The van der Waals surface area contributed by atoms with Gasteiger partial charge >= 0.3 is 0 Å². The van der Waals surface area contributed by atoms with E-state index in [2.05, 4.69) is 10.4 Å². The lowest BCUT2D eigenvalue weighted by Gasteiger charge is -2.04. The number of aryl methyl sites for hydroxylation is 1. The molecule has 0 aliphatic heterocycles. The monoisotopic (exact) mass is 281 g/mol. The zero-order chi connectivity index (χ0) is 14.8. The summed E-state index contributed by atoms with van der Waals surface area (Å²) in [6.07, 6.45) is 0. The molecule has 0 spiro atoms. The number of aromatic hydroxyl groups is 1. The maximum Gasteiger partial charge on any atom is 0.272 e. The third-order valence-corrected chi connectivity index (χ3v) is 3.36. The third-order valence-electron chi connectivity index (χ3n) is 3.36. The van der Waals surface area contributed by atoms with E-state index in [1.54, 1.807) is 28.9 Å². The highest BCUT2D eigenvalue weighted by molar-refractivity contribution is 6.04. The van der Waals surface area contributed by atoms with E-state index >= 15 is 0 Å². The molecule has 0 unspecified atom stereocenters. The summed E-state index contributed by atoms with van der Waals surface area (Å²) in [5, 5.41) is 17.2. The van der Waals surface area contributed by atoms with E-state index in [4.69, 9.17) is 0 Å². The molecule has 1 aromatic heterocycles. The van der Waals surface area contributed by atoms with Crippen molar-refractivity contribution in [1.82, 2.24) is 15.1 Å². The number of benzene rings is 2. The van der Waals surface area contributed by atoms with E-state index in [0.29, 0.717) is 12.2 Å². The number of fused-ring (bicyclic) bond motifs is 1. The zero-order valence-corrected chi connectivity index (χ0v) is 11.6. The average molecular weight is 281 g/mol. The fourth-order valence-electron chi connectivity index (χ4n) is 2.26. The Balaban J connectivity index is 1.79. The second-order valence-corrected chi connectivity index (χ2v) is 4.84. The highest BCUT2D eigenvalue weighted by atomic mass is 16.3. The summed E-state index contributed by atoms with van der Waals surface area (Å²) in [5.74, 6) is 0.000622. The second kappa shape index (κ2) is 5.28. The van der Waals surface area contributed by atoms with Gasteiger partial charge in [0.25, 0.3) is 5.91 Å². The van der Waals surface area contributed by atoms with Gasteiger partial charge in [-0.25, -0.2) is 0 Å². The molecule has 0 saturated heterocycles. The Morgan fingerprint density at radius 2 is 1.90 bits per heavy atom. The number of phenolic OH excluding ortho intramolecular Hbond substituents is 1. The Morgan fingerprint density at radius 1 is 1.19 bits per heavy atom. The first-order valence-corrected chi connectivity index (χ1v) is 6.63. The van der Waals surface area contributed by atoms with Crippen LogP contribution in [0.1, 0.15) is 16.1 Å². The van der Waals surface area contributed by atoms with Gasteiger partial charge in [0.05, 0.1) is 5.52 Å². The van der Waals surface area contributed by atoms with Gasteiger partial charge in [-0.05, 0) is 23.8 Å². The largest absolute Gasteiger partial charge is 0.508 e. The maximum absolute atomic E-state index is 12.3. The molecule has 2 aromatic carbocycles. The number of amides is 1. The van der Waals surface area contributed by atoms with Gasteiger partial charge in [-0.15, -0.1) is 0 Å². The molecule has 1 heterocycles. The second-order valence-electron chi connectivity index (χ2n) is 4.84. The number of rotatable bonds is 3. The molecule has 5 heteroatoms. The number of nitrogens with one attached hydrogen (secondary N) is 1. The zero-order valence-electron chi connectivity index (χ0n) is 11.6. The van der Waals surface area contributed by atoms with Crippen LogP contribution in [0.25, 0.3) is 10.9 Å². The van der Waals surface area contributed by atoms with Gasteiger partial charge in [-0.2, -0.15) is 5.10 Å². The minimum Gasteiger partial charge on any atom is -0.508 e. The molecule has 0 aliphatic rings. The molecule has 21 heavy (non-hydrogen) atoms. The Labute approximate surface area is 121 Å². The Bertz CT molecular complexity index is 791. The quantitative estimate of drug-likeness (QED) is 0.773. The molecule has 0 aliphatic carbocycles. The van der Waals surface area contributed by atoms with Crippen molar-refractivity contribution in [2.75, 3.05) is 0 Å². The predicted molar refractivity (Wildman–Crippen MR) is 80.0 cm³/mol. The van der Waals surface area contributed by atoms with Gasteiger partial charge in [0.2, 0.25) is 0 Å². The number of hydrogen-bond donors (Lipinski definition) is 2. The van der Waals surface area contributed by atoms with Gasteiger partial charge in [-0.3, -0.25) is 9.48 Å². The van der Waals surface area contributed by atoms with E-state index in [1.165, 1.54) is 0 Å². The van der Waals surface area contributed by atoms with E-state index in [1.807, 2.05) is 31.3 Å². The van der Waals surface area contributed by atoms with Crippen LogP contribution in [0, 0.1) is 0 Å². The molecule has 0 fully saturated rings. The molecule has 0 radical (unpaired) electrons. The Kier molecular flexibility index (Phi) is 3.31. The van der Waals surface area contributed by atoms with Crippen LogP contribution in [-0.4, -0.2) is 20.8 Å². The van der Waals surface area contributed by atoms with Gasteiger partial charge in [0.1, 0.15) is 5.75 Å². The molecular formula is C16H15N3O2. The number of hydrogen-bond acceptors (Lipinski definition) is 3. The first kappa shape index (κ1) is 13.2. The van der Waals surface area contributed by atoms with Crippen LogP contribution in [0.3, 0.4) is 0 Å². The molecule has 0 atom stereocenters. The van der Waals surface area contributed by atoms with Gasteiger partial charge < -0.3 is 10.4 Å². The van der Waals surface area contributed by atoms with Crippen LogP contribution in [-0.2, 0) is 13.6 Å². The van der Waals surface area contributed by atoms with Gasteiger partial charge in [0.15, 0.2) is 5.69 Å². The molecule has 5 nitrogen and oxygen atoms in total.